The first-order chi connectivity index (χ1) is 14.6. The quantitative estimate of drug-likeness (QED) is 0.223. The zero-order chi connectivity index (χ0) is 21.1. The number of Topliss-reactive ketones (excluding diaryl/α,β-unsaturated/α-hetero) is 1. The third-order valence-corrected chi connectivity index (χ3v) is 4.84. The third kappa shape index (κ3) is 3.74. The second kappa shape index (κ2) is 8.32. The maximum absolute atomic E-state index is 13.3. The van der Waals surface area contributed by atoms with Crippen LogP contribution in [-0.4, -0.2) is 37.7 Å². The van der Waals surface area contributed by atoms with Crippen LogP contribution >= 0.6 is 0 Å². The molecule has 1 atom stereocenters. The molecule has 6 nitrogen and oxygen atoms in total. The van der Waals surface area contributed by atoms with Crippen LogP contribution in [0.15, 0.2) is 78.9 Å². The van der Waals surface area contributed by atoms with E-state index in [0.717, 1.165) is 5.52 Å². The summed E-state index contributed by atoms with van der Waals surface area (Å²) in [5, 5.41) is 30.3. The molecule has 0 aliphatic heterocycles. The lowest BCUT2D eigenvalue weighted by Gasteiger charge is -2.12. The van der Waals surface area contributed by atoms with Gasteiger partial charge in [0.05, 0.1) is 17.6 Å². The Hall–Kier alpha value is -3.74. The number of imidazole rings is 1. The van der Waals surface area contributed by atoms with E-state index in [0.29, 0.717) is 22.2 Å². The van der Waals surface area contributed by atoms with Gasteiger partial charge in [-0.15, -0.1) is 0 Å². The summed E-state index contributed by atoms with van der Waals surface area (Å²) >= 11 is 0. The van der Waals surface area contributed by atoms with Crippen LogP contribution in [0, 0.1) is 0 Å². The minimum absolute atomic E-state index is 0.0213. The summed E-state index contributed by atoms with van der Waals surface area (Å²) in [4.78, 5) is 20.9. The molecule has 150 valence electrons. The van der Waals surface area contributed by atoms with Crippen molar-refractivity contribution >= 4 is 28.1 Å². The monoisotopic (exact) mass is 400 g/mol. The number of nitrogens with zero attached hydrogens (tertiary/aromatic N) is 1. The summed E-state index contributed by atoms with van der Waals surface area (Å²) in [5.74, 6) is -0.411. The number of hydrogen-bond acceptors (Lipinski definition) is 5. The molecule has 3 aromatic carbocycles. The van der Waals surface area contributed by atoms with Crippen LogP contribution in [0.1, 0.15) is 33.4 Å². The maximum Gasteiger partial charge on any atom is 0.200 e. The Morgan fingerprint density at radius 3 is 2.37 bits per heavy atom. The molecule has 0 radical (unpaired) electrons. The van der Waals surface area contributed by atoms with Gasteiger partial charge in [-0.25, -0.2) is 4.98 Å². The molecule has 4 N–H and O–H groups in total. The molecule has 0 fully saturated rings. The number of rotatable bonds is 6. The Morgan fingerprint density at radius 1 is 0.933 bits per heavy atom. The van der Waals surface area contributed by atoms with Gasteiger partial charge in [-0.2, -0.15) is 0 Å². The van der Waals surface area contributed by atoms with Gasteiger partial charge in [0.1, 0.15) is 23.3 Å². The van der Waals surface area contributed by atoms with E-state index >= 15 is 0 Å². The van der Waals surface area contributed by atoms with Crippen molar-refractivity contribution in [3.63, 3.8) is 0 Å². The average molecular weight is 400 g/mol. The molecule has 0 aliphatic carbocycles. The van der Waals surface area contributed by atoms with E-state index in [2.05, 4.69) is 9.97 Å². The van der Waals surface area contributed by atoms with E-state index < -0.39 is 12.7 Å². The molecule has 1 aromatic heterocycles. The second-order valence-electron chi connectivity index (χ2n) is 6.85. The van der Waals surface area contributed by atoms with E-state index in [-0.39, 0.29) is 22.9 Å². The Labute approximate surface area is 172 Å². The Morgan fingerprint density at radius 2 is 1.63 bits per heavy atom. The standard InChI is InChI=1S/C24H20N2O4/c27-14-20(28)16-9-6-10-17(13-16)23(30)21(22(29)15-7-2-1-3-8-15)24-25-18-11-4-5-12-19(18)26-24/h1-13,20,27-28,30H,14H2,(H,25,26)/b23-21-. The van der Waals surface area contributed by atoms with Crippen LogP contribution in [0.2, 0.25) is 0 Å². The molecule has 1 unspecified atom stereocenters. The Bertz CT molecular complexity index is 1200. The van der Waals surface area contributed by atoms with Gasteiger partial charge in [0, 0.05) is 11.1 Å². The molecular formula is C24H20N2O4. The highest BCUT2D eigenvalue weighted by atomic mass is 16.3. The van der Waals surface area contributed by atoms with Crippen LogP contribution in [0.5, 0.6) is 0 Å². The molecule has 0 amide bonds. The molecule has 1 heterocycles. The van der Waals surface area contributed by atoms with Crippen LogP contribution in [0.3, 0.4) is 0 Å². The SMILES string of the molecule is O=C(/C(=C(/O)c1cccc(C(O)CO)c1)c1nc2ccccc2[nH]1)c1ccccc1. The van der Waals surface area contributed by atoms with E-state index in [1.54, 1.807) is 48.5 Å². The number of aromatic amines is 1. The third-order valence-electron chi connectivity index (χ3n) is 4.84. The number of nitrogens with one attached hydrogen (secondary N) is 1. The maximum atomic E-state index is 13.3. The first-order valence-electron chi connectivity index (χ1n) is 9.46. The lowest BCUT2D eigenvalue weighted by Crippen LogP contribution is -2.08. The highest BCUT2D eigenvalue weighted by Crippen LogP contribution is 2.29. The fourth-order valence-corrected chi connectivity index (χ4v) is 3.28. The lowest BCUT2D eigenvalue weighted by atomic mass is 9.97. The fraction of sp³-hybridized carbons (Fsp3) is 0.0833. The summed E-state index contributed by atoms with van der Waals surface area (Å²) < 4.78 is 0. The van der Waals surface area contributed by atoms with Crippen molar-refractivity contribution in [1.29, 1.82) is 0 Å². The van der Waals surface area contributed by atoms with Crippen LogP contribution in [0.4, 0.5) is 0 Å². The predicted molar refractivity (Wildman–Crippen MR) is 115 cm³/mol. The summed E-state index contributed by atoms with van der Waals surface area (Å²) in [6.45, 7) is -0.451. The minimum atomic E-state index is -1.09. The van der Waals surface area contributed by atoms with Crippen molar-refractivity contribution in [2.45, 2.75) is 6.10 Å². The van der Waals surface area contributed by atoms with Gasteiger partial charge in [0.15, 0.2) is 0 Å². The number of para-hydroxylation sites is 2. The number of aliphatic hydroxyl groups is 3. The summed E-state index contributed by atoms with van der Waals surface area (Å²) in [7, 11) is 0. The van der Waals surface area contributed by atoms with E-state index in [1.807, 2.05) is 24.3 Å². The summed E-state index contributed by atoms with van der Waals surface area (Å²) in [6, 6.07) is 22.4. The molecule has 0 spiro atoms. The van der Waals surface area contributed by atoms with Gasteiger partial charge >= 0.3 is 0 Å². The fourth-order valence-electron chi connectivity index (χ4n) is 3.28. The topological polar surface area (TPSA) is 106 Å². The number of ketones is 1. The largest absolute Gasteiger partial charge is 0.506 e. The molecular weight excluding hydrogens is 380 g/mol. The predicted octanol–water partition coefficient (Wildman–Crippen LogP) is 3.90. The highest BCUT2D eigenvalue weighted by molar-refractivity contribution is 6.33. The lowest BCUT2D eigenvalue weighted by molar-refractivity contribution is 0.0956. The molecule has 0 aliphatic rings. The number of aromatic nitrogens is 2. The van der Waals surface area contributed by atoms with Crippen molar-refractivity contribution in [2.75, 3.05) is 6.61 Å². The molecule has 4 aromatic rings. The molecule has 30 heavy (non-hydrogen) atoms. The van der Waals surface area contributed by atoms with Crippen molar-refractivity contribution in [2.24, 2.45) is 0 Å². The van der Waals surface area contributed by atoms with Crippen LogP contribution < -0.4 is 0 Å². The van der Waals surface area contributed by atoms with Crippen molar-refractivity contribution in [1.82, 2.24) is 9.97 Å². The van der Waals surface area contributed by atoms with Crippen molar-refractivity contribution in [3.8, 4) is 0 Å². The molecule has 0 saturated carbocycles. The molecule has 0 bridgehead atoms. The number of fused-ring (bicyclic) bond motifs is 1. The van der Waals surface area contributed by atoms with E-state index in [4.69, 9.17) is 0 Å². The van der Waals surface area contributed by atoms with Crippen molar-refractivity contribution in [3.05, 3.63) is 101 Å². The highest BCUT2D eigenvalue weighted by Gasteiger charge is 2.24. The Kier molecular flexibility index (Phi) is 5.43. The average Bonchev–Trinajstić information content (AvgIpc) is 3.22. The van der Waals surface area contributed by atoms with Gasteiger partial charge in [0.2, 0.25) is 5.78 Å². The van der Waals surface area contributed by atoms with Crippen LogP contribution in [0.25, 0.3) is 22.4 Å². The molecule has 0 saturated heterocycles. The number of aliphatic hydroxyl groups excluding tert-OH is 3. The van der Waals surface area contributed by atoms with E-state index in [9.17, 15) is 20.1 Å². The number of benzene rings is 3. The zero-order valence-electron chi connectivity index (χ0n) is 16.0. The Balaban J connectivity index is 1.91. The molecule has 4 rings (SSSR count). The minimum Gasteiger partial charge on any atom is -0.506 e. The zero-order valence-corrected chi connectivity index (χ0v) is 16.0. The summed E-state index contributed by atoms with van der Waals surface area (Å²) in [6.07, 6.45) is -1.09. The number of carbonyl (C=O) groups excluding carboxylic acids is 1. The second-order valence-corrected chi connectivity index (χ2v) is 6.85. The van der Waals surface area contributed by atoms with Crippen molar-refractivity contribution < 1.29 is 20.1 Å². The van der Waals surface area contributed by atoms with Gasteiger partial charge in [-0.1, -0.05) is 60.7 Å². The first kappa shape index (κ1) is 19.6. The van der Waals surface area contributed by atoms with Gasteiger partial charge in [-0.3, -0.25) is 4.79 Å². The normalized spacial score (nSPS) is 13.1. The number of hydrogen-bond donors (Lipinski definition) is 4. The van der Waals surface area contributed by atoms with E-state index in [1.165, 1.54) is 6.07 Å². The number of carbonyl (C=O) groups is 1. The van der Waals surface area contributed by atoms with Crippen LogP contribution in [-0.2, 0) is 0 Å². The molecule has 6 heteroatoms. The van der Waals surface area contributed by atoms with Gasteiger partial charge in [0.25, 0.3) is 0 Å². The van der Waals surface area contributed by atoms with Gasteiger partial charge < -0.3 is 20.3 Å². The summed E-state index contributed by atoms with van der Waals surface area (Å²) in [5.41, 5.74) is 2.60. The first-order valence-corrected chi connectivity index (χ1v) is 9.46. The smallest absolute Gasteiger partial charge is 0.200 e. The number of H-pyrrole nitrogens is 1. The van der Waals surface area contributed by atoms with Gasteiger partial charge in [-0.05, 0) is 23.8 Å². The number of allylic oxidation sites excluding steroid dienone is 1.